The van der Waals surface area contributed by atoms with Gasteiger partial charge in [0.1, 0.15) is 11.5 Å². The van der Waals surface area contributed by atoms with Crippen molar-refractivity contribution in [3.63, 3.8) is 0 Å². The van der Waals surface area contributed by atoms with E-state index in [1.807, 2.05) is 0 Å². The smallest absolute Gasteiger partial charge is 0.112 e. The van der Waals surface area contributed by atoms with Crippen molar-refractivity contribution in [3.05, 3.63) is 23.7 Å². The molecule has 0 aliphatic heterocycles. The molecule has 2 fully saturated rings. The van der Waals surface area contributed by atoms with Crippen LogP contribution in [0.1, 0.15) is 43.6 Å². The number of aliphatic hydroxyl groups excluding tert-OH is 1. The summed E-state index contributed by atoms with van der Waals surface area (Å²) in [5.74, 6) is 3.58. The maximum Gasteiger partial charge on any atom is 0.112 e. The van der Waals surface area contributed by atoms with Gasteiger partial charge in [0.25, 0.3) is 0 Å². The van der Waals surface area contributed by atoms with E-state index >= 15 is 0 Å². The number of hydrogen-bond donors (Lipinski definition) is 1. The van der Waals surface area contributed by atoms with Crippen LogP contribution in [-0.2, 0) is 5.41 Å². The summed E-state index contributed by atoms with van der Waals surface area (Å²) < 4.78 is 5.84. The van der Waals surface area contributed by atoms with Crippen LogP contribution < -0.4 is 0 Å². The lowest BCUT2D eigenvalue weighted by Crippen LogP contribution is -2.10. The Hall–Kier alpha value is -0.760. The predicted molar refractivity (Wildman–Crippen MR) is 53.2 cm³/mol. The lowest BCUT2D eigenvalue weighted by molar-refractivity contribution is 0.235. The van der Waals surface area contributed by atoms with E-state index in [-0.39, 0.29) is 12.0 Å². The third kappa shape index (κ3) is 1.13. The van der Waals surface area contributed by atoms with Crippen molar-refractivity contribution in [1.82, 2.24) is 0 Å². The minimum atomic E-state index is -0.00359. The minimum absolute atomic E-state index is 0.00359. The molecule has 76 valence electrons. The molecule has 3 rings (SSSR count). The lowest BCUT2D eigenvalue weighted by Gasteiger charge is -2.06. The monoisotopic (exact) mass is 192 g/mol. The lowest BCUT2D eigenvalue weighted by atomic mass is 10.1. The van der Waals surface area contributed by atoms with E-state index < -0.39 is 0 Å². The third-order valence-corrected chi connectivity index (χ3v) is 3.78. The first-order valence-corrected chi connectivity index (χ1v) is 5.46. The van der Waals surface area contributed by atoms with Crippen LogP contribution in [-0.4, -0.2) is 11.7 Å². The fraction of sp³-hybridized carbons (Fsp3) is 0.667. The summed E-state index contributed by atoms with van der Waals surface area (Å²) in [5, 5.41) is 9.27. The van der Waals surface area contributed by atoms with Crippen LogP contribution in [0, 0.1) is 5.92 Å². The summed E-state index contributed by atoms with van der Waals surface area (Å²) in [6.45, 7) is 2.49. The summed E-state index contributed by atoms with van der Waals surface area (Å²) in [4.78, 5) is 0. The van der Waals surface area contributed by atoms with E-state index in [0.29, 0.717) is 5.92 Å². The molecule has 2 nitrogen and oxygen atoms in total. The summed E-state index contributed by atoms with van der Waals surface area (Å²) in [5.41, 5.74) is -0.00359. The molecule has 0 amide bonds. The maximum atomic E-state index is 9.27. The van der Waals surface area contributed by atoms with Gasteiger partial charge in [0.2, 0.25) is 0 Å². The predicted octanol–water partition coefficient (Wildman–Crippen LogP) is 2.43. The van der Waals surface area contributed by atoms with Gasteiger partial charge < -0.3 is 9.52 Å². The topological polar surface area (TPSA) is 33.4 Å². The van der Waals surface area contributed by atoms with Crippen LogP contribution in [0.25, 0.3) is 0 Å². The molecule has 0 radical (unpaired) electrons. The molecule has 0 saturated heterocycles. The number of rotatable bonds is 3. The Kier molecular flexibility index (Phi) is 1.61. The van der Waals surface area contributed by atoms with Gasteiger partial charge in [-0.1, -0.05) is 6.92 Å². The van der Waals surface area contributed by atoms with Crippen molar-refractivity contribution in [2.45, 2.75) is 37.5 Å². The standard InChI is InChI=1S/C12H16O2/c1-8-6-9(8)10-2-3-11(14-10)12(7-13)4-5-12/h2-3,8-9,13H,4-7H2,1H3. The summed E-state index contributed by atoms with van der Waals surface area (Å²) in [7, 11) is 0. The molecule has 0 spiro atoms. The quantitative estimate of drug-likeness (QED) is 0.797. The molecule has 2 saturated carbocycles. The second kappa shape index (κ2) is 2.63. The first-order chi connectivity index (χ1) is 6.75. The molecule has 0 aromatic carbocycles. The van der Waals surface area contributed by atoms with Crippen molar-refractivity contribution in [3.8, 4) is 0 Å². The summed E-state index contributed by atoms with van der Waals surface area (Å²) in [6, 6.07) is 4.16. The third-order valence-electron chi connectivity index (χ3n) is 3.78. The van der Waals surface area contributed by atoms with Gasteiger partial charge in [-0.25, -0.2) is 0 Å². The van der Waals surface area contributed by atoms with Crippen molar-refractivity contribution in [2.75, 3.05) is 6.61 Å². The summed E-state index contributed by atoms with van der Waals surface area (Å²) >= 11 is 0. The van der Waals surface area contributed by atoms with Crippen molar-refractivity contribution >= 4 is 0 Å². The minimum Gasteiger partial charge on any atom is -0.465 e. The van der Waals surface area contributed by atoms with Gasteiger partial charge in [-0.15, -0.1) is 0 Å². The Morgan fingerprint density at radius 1 is 1.50 bits per heavy atom. The van der Waals surface area contributed by atoms with E-state index in [9.17, 15) is 5.11 Å². The molecule has 2 heteroatoms. The van der Waals surface area contributed by atoms with Gasteiger partial charge in [-0.3, -0.25) is 0 Å². The Bertz CT molecular complexity index is 349. The van der Waals surface area contributed by atoms with Gasteiger partial charge in [0, 0.05) is 5.92 Å². The molecule has 14 heavy (non-hydrogen) atoms. The highest BCUT2D eigenvalue weighted by Gasteiger charge is 2.47. The molecule has 1 N–H and O–H groups in total. The van der Waals surface area contributed by atoms with Gasteiger partial charge >= 0.3 is 0 Å². The SMILES string of the molecule is CC1CC1c1ccc(C2(CO)CC2)o1. The molecule has 1 heterocycles. The fourth-order valence-corrected chi connectivity index (χ4v) is 2.19. The van der Waals surface area contributed by atoms with E-state index in [1.165, 1.54) is 6.42 Å². The second-order valence-corrected chi connectivity index (χ2v) is 4.96. The van der Waals surface area contributed by atoms with Gasteiger partial charge in [-0.2, -0.15) is 0 Å². The van der Waals surface area contributed by atoms with E-state index in [2.05, 4.69) is 19.1 Å². The largest absolute Gasteiger partial charge is 0.465 e. The molecule has 2 atom stereocenters. The number of furan rings is 1. The molecule has 0 bridgehead atoms. The van der Waals surface area contributed by atoms with Crippen LogP contribution in [0.15, 0.2) is 16.5 Å². The first kappa shape index (κ1) is 8.54. The normalized spacial score (nSPS) is 33.0. The molecular weight excluding hydrogens is 176 g/mol. The van der Waals surface area contributed by atoms with Crippen LogP contribution in [0.3, 0.4) is 0 Å². The van der Waals surface area contributed by atoms with Crippen LogP contribution in [0.5, 0.6) is 0 Å². The maximum absolute atomic E-state index is 9.27. The fourth-order valence-electron chi connectivity index (χ4n) is 2.19. The Morgan fingerprint density at radius 2 is 2.21 bits per heavy atom. The van der Waals surface area contributed by atoms with Crippen molar-refractivity contribution < 1.29 is 9.52 Å². The zero-order chi connectivity index (χ0) is 9.76. The zero-order valence-electron chi connectivity index (χ0n) is 8.49. The van der Waals surface area contributed by atoms with Crippen LogP contribution >= 0.6 is 0 Å². The molecule has 2 unspecified atom stereocenters. The van der Waals surface area contributed by atoms with Crippen LogP contribution in [0.4, 0.5) is 0 Å². The van der Waals surface area contributed by atoms with Gasteiger partial charge in [0.15, 0.2) is 0 Å². The molecular formula is C12H16O2. The molecule has 2 aliphatic carbocycles. The Labute approximate surface area is 83.9 Å². The average molecular weight is 192 g/mol. The molecule has 1 aromatic heterocycles. The summed E-state index contributed by atoms with van der Waals surface area (Å²) in [6.07, 6.45) is 3.42. The van der Waals surface area contributed by atoms with Gasteiger partial charge in [-0.05, 0) is 37.3 Å². The van der Waals surface area contributed by atoms with Gasteiger partial charge in [0.05, 0.1) is 12.0 Å². The van der Waals surface area contributed by atoms with Crippen molar-refractivity contribution in [1.29, 1.82) is 0 Å². The van der Waals surface area contributed by atoms with Crippen molar-refractivity contribution in [2.24, 2.45) is 5.92 Å². The Morgan fingerprint density at radius 3 is 2.71 bits per heavy atom. The van der Waals surface area contributed by atoms with Crippen LogP contribution in [0.2, 0.25) is 0 Å². The van der Waals surface area contributed by atoms with E-state index in [1.54, 1.807) is 0 Å². The second-order valence-electron chi connectivity index (χ2n) is 4.96. The highest BCUT2D eigenvalue weighted by molar-refractivity contribution is 5.27. The molecule has 1 aromatic rings. The van der Waals surface area contributed by atoms with E-state index in [4.69, 9.17) is 4.42 Å². The molecule has 2 aliphatic rings. The van der Waals surface area contributed by atoms with E-state index in [0.717, 1.165) is 30.3 Å². The highest BCUT2D eigenvalue weighted by atomic mass is 16.3. The Balaban J connectivity index is 1.84. The first-order valence-electron chi connectivity index (χ1n) is 5.46. The number of hydrogen-bond acceptors (Lipinski definition) is 2. The average Bonchev–Trinajstić information content (AvgIpc) is 3.08. The zero-order valence-corrected chi connectivity index (χ0v) is 8.49. The highest BCUT2D eigenvalue weighted by Crippen LogP contribution is 2.52. The number of aliphatic hydroxyl groups is 1.